The highest BCUT2D eigenvalue weighted by molar-refractivity contribution is 7.99. The third kappa shape index (κ3) is 3.74. The first-order valence-corrected chi connectivity index (χ1v) is 8.72. The molecule has 0 aromatic carbocycles. The minimum atomic E-state index is -0.690. The Labute approximate surface area is 123 Å². The van der Waals surface area contributed by atoms with Crippen molar-refractivity contribution >= 4 is 29.1 Å². The molecule has 1 aliphatic heterocycles. The maximum Gasteiger partial charge on any atom is 0.304 e. The second kappa shape index (κ2) is 6.77. The first kappa shape index (κ1) is 14.9. The Morgan fingerprint density at radius 2 is 2.37 bits per heavy atom. The van der Waals surface area contributed by atoms with Gasteiger partial charge in [-0.25, -0.2) is 0 Å². The highest BCUT2D eigenvalue weighted by Crippen LogP contribution is 2.32. The van der Waals surface area contributed by atoms with Crippen molar-refractivity contribution in [2.45, 2.75) is 38.8 Å². The lowest BCUT2D eigenvalue weighted by molar-refractivity contribution is -0.138. The number of thiophene rings is 1. The van der Waals surface area contributed by atoms with Crippen LogP contribution in [0.2, 0.25) is 0 Å². The molecule has 3 nitrogen and oxygen atoms in total. The van der Waals surface area contributed by atoms with Gasteiger partial charge in [0.2, 0.25) is 0 Å². The van der Waals surface area contributed by atoms with Crippen LogP contribution >= 0.6 is 23.1 Å². The van der Waals surface area contributed by atoms with Gasteiger partial charge in [-0.05, 0) is 25.5 Å². The van der Waals surface area contributed by atoms with Crippen molar-refractivity contribution in [1.29, 1.82) is 0 Å². The SMILES string of the molecule is CCc1ccc(C(C)N2CCSCC2CC(=O)O)s1. The van der Waals surface area contributed by atoms with E-state index < -0.39 is 5.97 Å². The zero-order chi connectivity index (χ0) is 13.8. The fraction of sp³-hybridized carbons (Fsp3) is 0.643. The standard InChI is InChI=1S/C14H21NO2S2/c1-3-12-4-5-13(19-12)10(2)15-6-7-18-9-11(15)8-14(16)17/h4-5,10-11H,3,6-9H2,1-2H3,(H,16,17). The summed E-state index contributed by atoms with van der Waals surface area (Å²) in [6.45, 7) is 5.37. The Balaban J connectivity index is 2.09. The van der Waals surface area contributed by atoms with Crippen LogP contribution in [0.1, 0.15) is 36.1 Å². The lowest BCUT2D eigenvalue weighted by Crippen LogP contribution is -2.44. The first-order valence-electron chi connectivity index (χ1n) is 6.75. The molecule has 0 saturated carbocycles. The number of rotatable bonds is 5. The largest absolute Gasteiger partial charge is 0.481 e. The van der Waals surface area contributed by atoms with Crippen LogP contribution in [-0.2, 0) is 11.2 Å². The summed E-state index contributed by atoms with van der Waals surface area (Å²) in [6.07, 6.45) is 1.33. The Morgan fingerprint density at radius 1 is 1.58 bits per heavy atom. The molecule has 1 N–H and O–H groups in total. The number of thioether (sulfide) groups is 1. The van der Waals surface area contributed by atoms with Crippen molar-refractivity contribution in [3.05, 3.63) is 21.9 Å². The van der Waals surface area contributed by atoms with Gasteiger partial charge >= 0.3 is 5.97 Å². The summed E-state index contributed by atoms with van der Waals surface area (Å²) in [6, 6.07) is 4.89. The Bertz CT molecular complexity index is 433. The maximum absolute atomic E-state index is 11.0. The van der Waals surface area contributed by atoms with Crippen LogP contribution in [0, 0.1) is 0 Å². The molecule has 1 aromatic rings. The van der Waals surface area contributed by atoms with Gasteiger partial charge in [-0.2, -0.15) is 11.8 Å². The molecule has 0 radical (unpaired) electrons. The number of carbonyl (C=O) groups is 1. The van der Waals surface area contributed by atoms with Crippen LogP contribution in [0.3, 0.4) is 0 Å². The van der Waals surface area contributed by atoms with Crippen LogP contribution in [0.15, 0.2) is 12.1 Å². The van der Waals surface area contributed by atoms with Gasteiger partial charge in [-0.15, -0.1) is 11.3 Å². The van der Waals surface area contributed by atoms with Gasteiger partial charge in [0, 0.05) is 39.9 Å². The zero-order valence-corrected chi connectivity index (χ0v) is 13.1. The molecule has 2 heterocycles. The number of carboxylic acids is 1. The van der Waals surface area contributed by atoms with Crippen molar-refractivity contribution < 1.29 is 9.90 Å². The fourth-order valence-electron chi connectivity index (χ4n) is 2.53. The molecule has 1 aliphatic rings. The van der Waals surface area contributed by atoms with Gasteiger partial charge in [-0.3, -0.25) is 9.69 Å². The third-order valence-electron chi connectivity index (χ3n) is 3.62. The number of hydrogen-bond acceptors (Lipinski definition) is 4. The molecule has 0 bridgehead atoms. The average Bonchev–Trinajstić information content (AvgIpc) is 2.86. The van der Waals surface area contributed by atoms with Crippen LogP contribution < -0.4 is 0 Å². The summed E-state index contributed by atoms with van der Waals surface area (Å²) in [4.78, 5) is 16.1. The van der Waals surface area contributed by atoms with Crippen LogP contribution in [0.4, 0.5) is 0 Å². The van der Waals surface area contributed by atoms with Gasteiger partial charge in [0.1, 0.15) is 0 Å². The van der Waals surface area contributed by atoms with Gasteiger partial charge in [0.25, 0.3) is 0 Å². The molecular formula is C14H21NO2S2. The highest BCUT2D eigenvalue weighted by atomic mass is 32.2. The van der Waals surface area contributed by atoms with E-state index in [1.165, 1.54) is 9.75 Å². The molecule has 5 heteroatoms. The Hall–Kier alpha value is -0.520. The van der Waals surface area contributed by atoms with Crippen molar-refractivity contribution in [1.82, 2.24) is 4.90 Å². The molecule has 0 amide bonds. The van der Waals surface area contributed by atoms with E-state index in [-0.39, 0.29) is 12.5 Å². The van der Waals surface area contributed by atoms with Crippen molar-refractivity contribution in [2.75, 3.05) is 18.1 Å². The van der Waals surface area contributed by atoms with Crippen molar-refractivity contribution in [3.8, 4) is 0 Å². The average molecular weight is 299 g/mol. The molecule has 1 fully saturated rings. The summed E-state index contributed by atoms with van der Waals surface area (Å²) < 4.78 is 0. The van der Waals surface area contributed by atoms with E-state index in [1.807, 2.05) is 23.1 Å². The number of nitrogens with zero attached hydrogens (tertiary/aromatic N) is 1. The van der Waals surface area contributed by atoms with E-state index in [0.717, 1.165) is 24.5 Å². The van der Waals surface area contributed by atoms with Gasteiger partial charge in [0.05, 0.1) is 6.42 Å². The van der Waals surface area contributed by atoms with Crippen LogP contribution in [0.25, 0.3) is 0 Å². The summed E-state index contributed by atoms with van der Waals surface area (Å²) >= 11 is 3.73. The summed E-state index contributed by atoms with van der Waals surface area (Å²) in [5.74, 6) is 1.35. The molecule has 2 unspecified atom stereocenters. The topological polar surface area (TPSA) is 40.5 Å². The summed E-state index contributed by atoms with van der Waals surface area (Å²) in [5, 5.41) is 9.04. The molecule has 19 heavy (non-hydrogen) atoms. The van der Waals surface area contributed by atoms with Gasteiger partial charge < -0.3 is 5.11 Å². The number of carboxylic acid groups (broad SMARTS) is 1. The predicted molar refractivity (Wildman–Crippen MR) is 82.2 cm³/mol. The number of aliphatic carboxylic acids is 1. The van der Waals surface area contributed by atoms with Crippen LogP contribution in [0.5, 0.6) is 0 Å². The van der Waals surface area contributed by atoms with E-state index >= 15 is 0 Å². The Kier molecular flexibility index (Phi) is 5.30. The smallest absolute Gasteiger partial charge is 0.304 e. The maximum atomic E-state index is 11.0. The minimum Gasteiger partial charge on any atom is -0.481 e. The highest BCUT2D eigenvalue weighted by Gasteiger charge is 2.29. The first-order chi connectivity index (χ1) is 9.11. The summed E-state index contributed by atoms with van der Waals surface area (Å²) in [7, 11) is 0. The number of aryl methyl sites for hydroxylation is 1. The lowest BCUT2D eigenvalue weighted by Gasteiger charge is -2.38. The van der Waals surface area contributed by atoms with Crippen molar-refractivity contribution in [2.24, 2.45) is 0 Å². The molecule has 1 saturated heterocycles. The number of hydrogen-bond donors (Lipinski definition) is 1. The fourth-order valence-corrected chi connectivity index (χ4v) is 4.64. The minimum absolute atomic E-state index is 0.165. The van der Waals surface area contributed by atoms with Gasteiger partial charge in [0.15, 0.2) is 0 Å². The molecule has 106 valence electrons. The molecule has 0 aliphatic carbocycles. The van der Waals surface area contributed by atoms with E-state index in [0.29, 0.717) is 6.04 Å². The molecule has 2 atom stereocenters. The Morgan fingerprint density at radius 3 is 3.00 bits per heavy atom. The van der Waals surface area contributed by atoms with Crippen LogP contribution in [-0.4, -0.2) is 40.1 Å². The van der Waals surface area contributed by atoms with Gasteiger partial charge in [-0.1, -0.05) is 6.92 Å². The van der Waals surface area contributed by atoms with E-state index in [2.05, 4.69) is 30.9 Å². The molecule has 1 aromatic heterocycles. The normalized spacial score (nSPS) is 22.3. The monoisotopic (exact) mass is 299 g/mol. The van der Waals surface area contributed by atoms with Crippen molar-refractivity contribution in [3.63, 3.8) is 0 Å². The van der Waals surface area contributed by atoms with E-state index in [1.54, 1.807) is 0 Å². The quantitative estimate of drug-likeness (QED) is 0.906. The molecule has 0 spiro atoms. The lowest BCUT2D eigenvalue weighted by atomic mass is 10.1. The second-order valence-corrected chi connectivity index (χ2v) is 7.25. The predicted octanol–water partition coefficient (Wildman–Crippen LogP) is 3.26. The molecule has 2 rings (SSSR count). The third-order valence-corrected chi connectivity index (χ3v) is 6.12. The van der Waals surface area contributed by atoms with E-state index in [4.69, 9.17) is 5.11 Å². The van der Waals surface area contributed by atoms with E-state index in [9.17, 15) is 4.79 Å². The molecular weight excluding hydrogens is 278 g/mol. The second-order valence-electron chi connectivity index (χ2n) is 4.90. The summed E-state index contributed by atoms with van der Waals surface area (Å²) in [5.41, 5.74) is 0. The zero-order valence-electron chi connectivity index (χ0n) is 11.5.